The van der Waals surface area contributed by atoms with Crippen LogP contribution in [0.3, 0.4) is 0 Å². The maximum atomic E-state index is 13.4. The first-order chi connectivity index (χ1) is 12.2. The third kappa shape index (κ3) is 2.77. The monoisotopic (exact) mass is 338 g/mol. The number of imidazole rings is 1. The number of halogens is 1. The molecular formula is C19H19FN4O. The van der Waals surface area contributed by atoms with Gasteiger partial charge in [-0.05, 0) is 43.7 Å². The van der Waals surface area contributed by atoms with E-state index in [0.29, 0.717) is 18.7 Å². The van der Waals surface area contributed by atoms with E-state index in [4.69, 9.17) is 4.98 Å². The number of hydrogen-bond acceptors (Lipinski definition) is 3. The molecule has 3 heterocycles. The van der Waals surface area contributed by atoms with Gasteiger partial charge in [-0.2, -0.15) is 0 Å². The molecule has 25 heavy (non-hydrogen) atoms. The van der Waals surface area contributed by atoms with Crippen molar-refractivity contribution in [1.29, 1.82) is 0 Å². The summed E-state index contributed by atoms with van der Waals surface area (Å²) in [6.45, 7) is 4.11. The first-order valence-electron chi connectivity index (χ1n) is 8.53. The topological polar surface area (TPSA) is 51.0 Å². The molecule has 1 fully saturated rings. The zero-order chi connectivity index (χ0) is 17.4. The Morgan fingerprint density at radius 2 is 2.20 bits per heavy atom. The Morgan fingerprint density at radius 1 is 1.32 bits per heavy atom. The molecule has 6 heteroatoms. The summed E-state index contributed by atoms with van der Waals surface area (Å²) in [5, 5.41) is 0. The van der Waals surface area contributed by atoms with E-state index in [1.807, 2.05) is 12.1 Å². The lowest BCUT2D eigenvalue weighted by Crippen LogP contribution is -2.28. The molecule has 3 aromatic rings. The summed E-state index contributed by atoms with van der Waals surface area (Å²) >= 11 is 0. The number of aryl methyl sites for hydroxylation is 1. The summed E-state index contributed by atoms with van der Waals surface area (Å²) in [7, 11) is 0. The average Bonchev–Trinajstić information content (AvgIpc) is 3.25. The molecule has 0 bridgehead atoms. The average molecular weight is 338 g/mol. The van der Waals surface area contributed by atoms with E-state index in [1.54, 1.807) is 23.2 Å². The number of carbonyl (C=O) groups excluding carboxylic acids is 1. The van der Waals surface area contributed by atoms with Gasteiger partial charge in [0.25, 0.3) is 5.91 Å². The molecule has 0 N–H and O–H groups in total. The van der Waals surface area contributed by atoms with Gasteiger partial charge in [0.1, 0.15) is 17.2 Å². The highest BCUT2D eigenvalue weighted by molar-refractivity contribution is 5.94. The fourth-order valence-corrected chi connectivity index (χ4v) is 3.56. The highest BCUT2D eigenvalue weighted by Gasteiger charge is 2.31. The molecule has 0 radical (unpaired) electrons. The van der Waals surface area contributed by atoms with Crippen LogP contribution in [0, 0.1) is 5.82 Å². The zero-order valence-corrected chi connectivity index (χ0v) is 14.0. The van der Waals surface area contributed by atoms with Gasteiger partial charge >= 0.3 is 0 Å². The number of nitrogens with zero attached hydrogens (tertiary/aromatic N) is 4. The van der Waals surface area contributed by atoms with Crippen LogP contribution in [-0.4, -0.2) is 38.4 Å². The minimum Gasteiger partial charge on any atom is -0.338 e. The Labute approximate surface area is 145 Å². The van der Waals surface area contributed by atoms with E-state index >= 15 is 0 Å². The Balaban J connectivity index is 1.59. The fourth-order valence-electron chi connectivity index (χ4n) is 3.56. The van der Waals surface area contributed by atoms with Crippen LogP contribution in [0.15, 0.2) is 42.6 Å². The summed E-state index contributed by atoms with van der Waals surface area (Å²) in [5.41, 5.74) is 2.16. The smallest absolute Gasteiger partial charge is 0.253 e. The Hall–Kier alpha value is -2.76. The molecule has 1 unspecified atom stereocenters. The predicted octanol–water partition coefficient (Wildman–Crippen LogP) is 3.22. The molecule has 1 atom stereocenters. The molecule has 5 nitrogen and oxygen atoms in total. The van der Waals surface area contributed by atoms with E-state index in [9.17, 15) is 9.18 Å². The van der Waals surface area contributed by atoms with Crippen molar-refractivity contribution >= 4 is 17.1 Å². The van der Waals surface area contributed by atoms with E-state index in [-0.39, 0.29) is 17.6 Å². The van der Waals surface area contributed by atoms with Gasteiger partial charge in [0, 0.05) is 37.3 Å². The minimum absolute atomic E-state index is 0.126. The summed E-state index contributed by atoms with van der Waals surface area (Å²) in [6, 6.07) is 9.71. The third-order valence-corrected chi connectivity index (χ3v) is 4.76. The summed E-state index contributed by atoms with van der Waals surface area (Å²) in [5.74, 6) is 0.636. The van der Waals surface area contributed by atoms with Crippen LogP contribution in [0.5, 0.6) is 0 Å². The second-order valence-electron chi connectivity index (χ2n) is 6.31. The standard InChI is InChI=1S/C19H19FN4O/c1-2-24-17(22-16-7-4-9-21-18(16)24)14-8-10-23(12-14)19(25)13-5-3-6-15(20)11-13/h3-7,9,11,14H,2,8,10,12H2,1H3. The molecule has 1 amide bonds. The Bertz CT molecular complexity index is 936. The molecule has 128 valence electrons. The molecule has 0 aliphatic carbocycles. The minimum atomic E-state index is -0.388. The second kappa shape index (κ2) is 6.27. The van der Waals surface area contributed by atoms with Gasteiger partial charge < -0.3 is 9.47 Å². The number of aromatic nitrogens is 3. The first-order valence-corrected chi connectivity index (χ1v) is 8.53. The van der Waals surface area contributed by atoms with E-state index < -0.39 is 0 Å². The van der Waals surface area contributed by atoms with Crippen LogP contribution in [0.4, 0.5) is 4.39 Å². The molecular weight excluding hydrogens is 319 g/mol. The third-order valence-electron chi connectivity index (χ3n) is 4.76. The molecule has 2 aromatic heterocycles. The van der Waals surface area contributed by atoms with Crippen LogP contribution in [0.2, 0.25) is 0 Å². The number of likely N-dealkylation sites (tertiary alicyclic amines) is 1. The molecule has 1 aliphatic rings. The van der Waals surface area contributed by atoms with Crippen LogP contribution in [0.25, 0.3) is 11.2 Å². The second-order valence-corrected chi connectivity index (χ2v) is 6.31. The molecule has 0 saturated carbocycles. The van der Waals surface area contributed by atoms with Crippen molar-refractivity contribution in [1.82, 2.24) is 19.4 Å². The van der Waals surface area contributed by atoms with Crippen molar-refractivity contribution < 1.29 is 9.18 Å². The molecule has 1 aromatic carbocycles. The number of rotatable bonds is 3. The summed E-state index contributed by atoms with van der Waals surface area (Å²) in [6.07, 6.45) is 2.62. The quantitative estimate of drug-likeness (QED) is 0.737. The van der Waals surface area contributed by atoms with Gasteiger partial charge in [-0.25, -0.2) is 14.4 Å². The number of hydrogen-bond donors (Lipinski definition) is 0. The van der Waals surface area contributed by atoms with Crippen LogP contribution in [-0.2, 0) is 6.54 Å². The van der Waals surface area contributed by atoms with Gasteiger partial charge in [-0.1, -0.05) is 6.07 Å². The number of pyridine rings is 1. The highest BCUT2D eigenvalue weighted by Crippen LogP contribution is 2.29. The van der Waals surface area contributed by atoms with Gasteiger partial charge in [-0.3, -0.25) is 4.79 Å². The lowest BCUT2D eigenvalue weighted by Gasteiger charge is -2.17. The number of fused-ring (bicyclic) bond motifs is 1. The van der Waals surface area contributed by atoms with Crippen LogP contribution in [0.1, 0.15) is 35.4 Å². The first kappa shape index (κ1) is 15.7. The predicted molar refractivity (Wildman–Crippen MR) is 92.9 cm³/mol. The Kier molecular flexibility index (Phi) is 3.95. The van der Waals surface area contributed by atoms with Crippen molar-refractivity contribution in [2.45, 2.75) is 25.8 Å². The van der Waals surface area contributed by atoms with Crippen molar-refractivity contribution in [2.24, 2.45) is 0 Å². The van der Waals surface area contributed by atoms with E-state index in [0.717, 1.165) is 30.0 Å². The van der Waals surface area contributed by atoms with Gasteiger partial charge in [0.2, 0.25) is 0 Å². The summed E-state index contributed by atoms with van der Waals surface area (Å²) < 4.78 is 15.5. The molecule has 1 aliphatic heterocycles. The highest BCUT2D eigenvalue weighted by atomic mass is 19.1. The normalized spacial score (nSPS) is 17.4. The Morgan fingerprint density at radius 3 is 3.00 bits per heavy atom. The van der Waals surface area contributed by atoms with Crippen LogP contribution < -0.4 is 0 Å². The van der Waals surface area contributed by atoms with Gasteiger partial charge in [0.15, 0.2) is 5.65 Å². The summed E-state index contributed by atoms with van der Waals surface area (Å²) in [4.78, 5) is 23.6. The fraction of sp³-hybridized carbons (Fsp3) is 0.316. The van der Waals surface area contributed by atoms with Crippen molar-refractivity contribution in [3.8, 4) is 0 Å². The van der Waals surface area contributed by atoms with Crippen LogP contribution >= 0.6 is 0 Å². The van der Waals surface area contributed by atoms with E-state index in [2.05, 4.69) is 16.5 Å². The molecule has 4 rings (SSSR count). The van der Waals surface area contributed by atoms with Crippen molar-refractivity contribution in [2.75, 3.05) is 13.1 Å². The number of amides is 1. The molecule has 1 saturated heterocycles. The number of carbonyl (C=O) groups is 1. The van der Waals surface area contributed by atoms with Crippen molar-refractivity contribution in [3.63, 3.8) is 0 Å². The lowest BCUT2D eigenvalue weighted by molar-refractivity contribution is 0.0790. The SMILES string of the molecule is CCn1c(C2CCN(C(=O)c3cccc(F)c3)C2)nc2cccnc21. The van der Waals surface area contributed by atoms with E-state index in [1.165, 1.54) is 12.1 Å². The largest absolute Gasteiger partial charge is 0.338 e. The lowest BCUT2D eigenvalue weighted by atomic mass is 10.1. The zero-order valence-electron chi connectivity index (χ0n) is 14.0. The van der Waals surface area contributed by atoms with Crippen molar-refractivity contribution in [3.05, 3.63) is 59.8 Å². The van der Waals surface area contributed by atoms with Gasteiger partial charge in [-0.15, -0.1) is 0 Å². The van der Waals surface area contributed by atoms with Gasteiger partial charge in [0.05, 0.1) is 0 Å². The maximum Gasteiger partial charge on any atom is 0.253 e. The molecule has 0 spiro atoms. The number of benzene rings is 1. The maximum absolute atomic E-state index is 13.4.